The van der Waals surface area contributed by atoms with E-state index in [-0.39, 0.29) is 22.6 Å². The lowest BCUT2D eigenvalue weighted by Crippen LogP contribution is -2.28. The van der Waals surface area contributed by atoms with Crippen molar-refractivity contribution in [3.05, 3.63) is 74.5 Å². The van der Waals surface area contributed by atoms with E-state index in [0.717, 1.165) is 39.2 Å². The largest absolute Gasteiger partial charge is 0.507 e. The minimum Gasteiger partial charge on any atom is -0.507 e. The molecule has 2 amide bonds. The third-order valence-corrected chi connectivity index (χ3v) is 6.90. The highest BCUT2D eigenvalue weighted by atomic mass is 32.1. The van der Waals surface area contributed by atoms with Crippen LogP contribution in [0, 0.1) is 6.92 Å². The number of amides is 2. The Morgan fingerprint density at radius 3 is 2.51 bits per heavy atom. The second-order valence-electron chi connectivity index (χ2n) is 8.60. The van der Waals surface area contributed by atoms with Crippen LogP contribution in [-0.2, 0) is 19.6 Å². The van der Waals surface area contributed by atoms with Crippen LogP contribution >= 0.6 is 11.3 Å². The molecule has 4 rings (SSSR count). The number of rotatable bonds is 8. The number of ether oxygens (including phenoxy) is 1. The van der Waals surface area contributed by atoms with E-state index in [0.29, 0.717) is 26.2 Å². The number of fused-ring (bicyclic) bond motifs is 1. The summed E-state index contributed by atoms with van der Waals surface area (Å²) < 4.78 is 5.72. The Balaban J connectivity index is 1.50. The van der Waals surface area contributed by atoms with Crippen molar-refractivity contribution in [3.8, 4) is 17.2 Å². The van der Waals surface area contributed by atoms with Gasteiger partial charge in [0.2, 0.25) is 0 Å². The van der Waals surface area contributed by atoms with Crippen molar-refractivity contribution in [1.82, 2.24) is 15.1 Å². The van der Waals surface area contributed by atoms with Crippen LogP contribution in [0.5, 0.6) is 17.2 Å². The van der Waals surface area contributed by atoms with Crippen LogP contribution in [0.25, 0.3) is 0 Å². The smallest absolute Gasteiger partial charge is 0.258 e. The van der Waals surface area contributed by atoms with Gasteiger partial charge < -0.3 is 30.1 Å². The van der Waals surface area contributed by atoms with Gasteiger partial charge in [-0.1, -0.05) is 6.07 Å². The number of nitrogens with zero attached hydrogens (tertiary/aromatic N) is 2. The predicted molar refractivity (Wildman–Crippen MR) is 134 cm³/mol. The van der Waals surface area contributed by atoms with Crippen LogP contribution in [0.2, 0.25) is 0 Å². The van der Waals surface area contributed by atoms with E-state index in [1.807, 2.05) is 44.3 Å². The lowest BCUT2D eigenvalue weighted by Gasteiger charge is -2.20. The Labute approximate surface area is 208 Å². The number of phenolic OH excluding ortho intramolecular Hbond substituents is 2. The van der Waals surface area contributed by atoms with E-state index in [1.54, 1.807) is 23.3 Å². The first kappa shape index (κ1) is 24.6. The van der Waals surface area contributed by atoms with Crippen molar-refractivity contribution in [3.63, 3.8) is 0 Å². The molecule has 0 atom stereocenters. The van der Waals surface area contributed by atoms with Gasteiger partial charge in [-0.25, -0.2) is 0 Å². The molecule has 0 saturated heterocycles. The number of hydrogen-bond acceptors (Lipinski definition) is 7. The molecule has 0 aliphatic carbocycles. The number of aryl methyl sites for hydroxylation is 1. The van der Waals surface area contributed by atoms with Crippen molar-refractivity contribution < 1.29 is 24.5 Å². The summed E-state index contributed by atoms with van der Waals surface area (Å²) in [5, 5.41) is 23.8. The molecule has 1 aliphatic heterocycles. The van der Waals surface area contributed by atoms with Crippen molar-refractivity contribution in [2.45, 2.75) is 26.6 Å². The van der Waals surface area contributed by atoms with E-state index >= 15 is 0 Å². The summed E-state index contributed by atoms with van der Waals surface area (Å²) in [4.78, 5) is 31.6. The van der Waals surface area contributed by atoms with E-state index in [1.165, 1.54) is 11.0 Å². The van der Waals surface area contributed by atoms with Crippen LogP contribution in [-0.4, -0.2) is 59.1 Å². The monoisotopic (exact) mass is 495 g/mol. The highest BCUT2D eigenvalue weighted by Gasteiger charge is 2.28. The highest BCUT2D eigenvalue weighted by Crippen LogP contribution is 2.33. The number of phenols is 2. The molecule has 3 aromatic rings. The fourth-order valence-electron chi connectivity index (χ4n) is 4.05. The quantitative estimate of drug-likeness (QED) is 0.414. The number of thiophene rings is 1. The molecule has 1 aliphatic rings. The Bertz CT molecular complexity index is 1260. The molecule has 0 spiro atoms. The lowest BCUT2D eigenvalue weighted by atomic mass is 10.1. The molecule has 0 unspecified atom stereocenters. The van der Waals surface area contributed by atoms with Gasteiger partial charge in [0.05, 0.1) is 17.7 Å². The number of hydrogen-bond donors (Lipinski definition) is 3. The first-order valence-corrected chi connectivity index (χ1v) is 12.1. The summed E-state index contributed by atoms with van der Waals surface area (Å²) in [6.07, 6.45) is 0. The van der Waals surface area contributed by atoms with Crippen LogP contribution in [0.15, 0.2) is 42.5 Å². The summed E-state index contributed by atoms with van der Waals surface area (Å²) in [7, 11) is 3.49. The number of benzene rings is 2. The zero-order chi connectivity index (χ0) is 25.1. The summed E-state index contributed by atoms with van der Waals surface area (Å²) in [5.74, 6) is -0.853. The molecular weight excluding hydrogens is 466 g/mol. The number of aromatic hydroxyl groups is 2. The van der Waals surface area contributed by atoms with Crippen LogP contribution in [0.1, 0.15) is 41.6 Å². The number of likely N-dealkylation sites (N-methyl/N-ethyl adjacent to an activating group) is 1. The fourth-order valence-corrected chi connectivity index (χ4v) is 4.99. The first-order chi connectivity index (χ1) is 16.8. The molecular formula is C26H29N3O5S. The average Bonchev–Trinajstić information content (AvgIpc) is 3.44. The molecule has 184 valence electrons. The lowest BCUT2D eigenvalue weighted by molar-refractivity contribution is 0.0748. The second kappa shape index (κ2) is 10.4. The number of carbonyl (C=O) groups is 2. The molecule has 0 bridgehead atoms. The zero-order valence-corrected chi connectivity index (χ0v) is 20.8. The van der Waals surface area contributed by atoms with Crippen LogP contribution in [0.3, 0.4) is 0 Å². The maximum Gasteiger partial charge on any atom is 0.258 e. The molecule has 0 fully saturated rings. The Morgan fingerprint density at radius 1 is 1.06 bits per heavy atom. The molecule has 9 heteroatoms. The topological polar surface area (TPSA) is 102 Å². The molecule has 8 nitrogen and oxygen atoms in total. The Morgan fingerprint density at radius 2 is 1.80 bits per heavy atom. The minimum absolute atomic E-state index is 0.0233. The molecule has 1 aromatic heterocycles. The highest BCUT2D eigenvalue weighted by molar-refractivity contribution is 7.11. The summed E-state index contributed by atoms with van der Waals surface area (Å²) >= 11 is 1.59. The Kier molecular flexibility index (Phi) is 7.28. The van der Waals surface area contributed by atoms with Crippen LogP contribution < -0.4 is 10.1 Å². The number of nitrogens with one attached hydrogen (secondary N) is 1. The van der Waals surface area contributed by atoms with Crippen molar-refractivity contribution >= 4 is 23.2 Å². The van der Waals surface area contributed by atoms with Gasteiger partial charge in [-0.3, -0.25) is 9.59 Å². The molecule has 0 saturated carbocycles. The molecule has 2 heterocycles. The third-order valence-electron chi connectivity index (χ3n) is 5.92. The van der Waals surface area contributed by atoms with Gasteiger partial charge in [0.15, 0.2) is 0 Å². The van der Waals surface area contributed by atoms with Gasteiger partial charge in [0.25, 0.3) is 11.8 Å². The van der Waals surface area contributed by atoms with Gasteiger partial charge in [0, 0.05) is 42.5 Å². The number of carbonyl (C=O) groups excluding carboxylic acids is 2. The third kappa shape index (κ3) is 5.41. The first-order valence-electron chi connectivity index (χ1n) is 11.3. The van der Waals surface area contributed by atoms with Gasteiger partial charge in [-0.05, 0) is 55.4 Å². The van der Waals surface area contributed by atoms with Gasteiger partial charge in [-0.2, -0.15) is 0 Å². The summed E-state index contributed by atoms with van der Waals surface area (Å²) in [6.45, 7) is 4.38. The van der Waals surface area contributed by atoms with Gasteiger partial charge in [0.1, 0.15) is 23.9 Å². The molecule has 3 N–H and O–H groups in total. The molecule has 2 aromatic carbocycles. The Hall–Kier alpha value is -3.56. The van der Waals surface area contributed by atoms with E-state index in [4.69, 9.17) is 4.74 Å². The maximum absolute atomic E-state index is 13.3. The second-order valence-corrected chi connectivity index (χ2v) is 9.98. The normalized spacial score (nSPS) is 12.5. The van der Waals surface area contributed by atoms with Crippen molar-refractivity contribution in [2.24, 2.45) is 0 Å². The van der Waals surface area contributed by atoms with E-state index in [9.17, 15) is 19.8 Å². The van der Waals surface area contributed by atoms with Gasteiger partial charge in [-0.15, -0.1) is 11.3 Å². The average molecular weight is 496 g/mol. The maximum atomic E-state index is 13.3. The minimum atomic E-state index is -0.435. The SMILES string of the molecule is CNCCOc1ccc2c(c1)CN(C(=O)c1cc(C(=O)N(C)Cc3ccc(C)s3)c(O)cc1O)C2. The molecule has 0 radical (unpaired) electrons. The summed E-state index contributed by atoms with van der Waals surface area (Å²) in [5.41, 5.74) is 1.92. The van der Waals surface area contributed by atoms with E-state index in [2.05, 4.69) is 5.32 Å². The fraction of sp³-hybridized carbons (Fsp3) is 0.308. The van der Waals surface area contributed by atoms with Crippen molar-refractivity contribution in [2.75, 3.05) is 27.2 Å². The van der Waals surface area contributed by atoms with E-state index < -0.39 is 11.8 Å². The predicted octanol–water partition coefficient (Wildman–Crippen LogP) is 3.49. The van der Waals surface area contributed by atoms with Crippen LogP contribution in [0.4, 0.5) is 0 Å². The zero-order valence-electron chi connectivity index (χ0n) is 20.0. The molecule has 35 heavy (non-hydrogen) atoms. The summed E-state index contributed by atoms with van der Waals surface area (Å²) in [6, 6.07) is 12.0. The van der Waals surface area contributed by atoms with Crippen molar-refractivity contribution in [1.29, 1.82) is 0 Å². The standard InChI is InChI=1S/C26H29N3O5S/c1-16-4-7-20(35-16)15-28(3)25(32)21-11-22(24(31)12-23(21)30)26(33)29-13-17-5-6-19(10-18(17)14-29)34-9-8-27-2/h4-7,10-12,27,30-31H,8-9,13-15H2,1-3H3. The van der Waals surface area contributed by atoms with Gasteiger partial charge >= 0.3 is 0 Å².